The van der Waals surface area contributed by atoms with Crippen molar-refractivity contribution in [1.29, 1.82) is 0 Å². The number of nitrogens with one attached hydrogen (secondary N) is 1. The minimum absolute atomic E-state index is 0.0914. The van der Waals surface area contributed by atoms with Gasteiger partial charge in [0.05, 0.1) is 6.04 Å². The van der Waals surface area contributed by atoms with Gasteiger partial charge in [-0.05, 0) is 33.6 Å². The predicted octanol–water partition coefficient (Wildman–Crippen LogP) is 2.10. The van der Waals surface area contributed by atoms with Gasteiger partial charge in [0.25, 0.3) is 0 Å². The number of ketones is 2. The van der Waals surface area contributed by atoms with Crippen LogP contribution in [0.1, 0.15) is 40.5 Å². The third-order valence-electron chi connectivity index (χ3n) is 1.62. The second kappa shape index (κ2) is 16.1. The van der Waals surface area contributed by atoms with Crippen LogP contribution in [0.25, 0.3) is 0 Å². The zero-order valence-corrected chi connectivity index (χ0v) is 11.6. The van der Waals surface area contributed by atoms with Gasteiger partial charge in [-0.3, -0.25) is 4.79 Å². The molecule has 0 radical (unpaired) electrons. The minimum atomic E-state index is -0.154. The van der Waals surface area contributed by atoms with E-state index in [0.717, 1.165) is 0 Å². The van der Waals surface area contributed by atoms with Crippen molar-refractivity contribution in [1.82, 2.24) is 5.32 Å². The van der Waals surface area contributed by atoms with E-state index in [1.807, 2.05) is 13.8 Å². The number of thiol groups is 1. The molecule has 0 spiro atoms. The normalized spacial score (nSPS) is 10.1. The summed E-state index contributed by atoms with van der Waals surface area (Å²) in [5.41, 5.74) is 0. The molecule has 3 nitrogen and oxygen atoms in total. The number of hydrogen-bond acceptors (Lipinski definition) is 4. The first-order valence-corrected chi connectivity index (χ1v) is 6.09. The molecule has 0 aliphatic carbocycles. The zero-order chi connectivity index (χ0) is 12.9. The van der Waals surface area contributed by atoms with Crippen molar-refractivity contribution < 1.29 is 9.59 Å². The Kier molecular flexibility index (Phi) is 21.6. The molecule has 0 saturated carbocycles. The fourth-order valence-corrected chi connectivity index (χ4v) is 0.898. The fraction of sp³-hybridized carbons (Fsp3) is 0.818. The van der Waals surface area contributed by atoms with E-state index in [9.17, 15) is 9.59 Å². The molecule has 0 aromatic heterocycles. The second-order valence-electron chi connectivity index (χ2n) is 2.69. The number of rotatable bonds is 5. The van der Waals surface area contributed by atoms with Gasteiger partial charge in [-0.1, -0.05) is 13.8 Å². The van der Waals surface area contributed by atoms with Crippen LogP contribution in [0, 0.1) is 0 Å². The van der Waals surface area contributed by atoms with Crippen LogP contribution in [-0.4, -0.2) is 30.9 Å². The Bertz CT molecular complexity index is 161. The van der Waals surface area contributed by atoms with Crippen molar-refractivity contribution in [3.63, 3.8) is 0 Å². The lowest BCUT2D eigenvalue weighted by atomic mass is 10.1. The van der Waals surface area contributed by atoms with Crippen molar-refractivity contribution in [2.45, 2.75) is 46.6 Å². The molecule has 1 atom stereocenters. The number of carbonyl (C=O) groups is 2. The molecule has 92 valence electrons. The Morgan fingerprint density at radius 1 is 1.20 bits per heavy atom. The predicted molar refractivity (Wildman–Crippen MR) is 69.7 cm³/mol. The first-order chi connectivity index (χ1) is 7.07. The van der Waals surface area contributed by atoms with E-state index < -0.39 is 0 Å². The first-order valence-electron chi connectivity index (χ1n) is 5.19. The molecule has 0 aliphatic rings. The monoisotopic (exact) mass is 235 g/mol. The summed E-state index contributed by atoms with van der Waals surface area (Å²) < 4.78 is 0. The van der Waals surface area contributed by atoms with Crippen LogP contribution in [0.4, 0.5) is 0 Å². The maximum atomic E-state index is 10.8. The van der Waals surface area contributed by atoms with Crippen LogP contribution in [0.2, 0.25) is 0 Å². The van der Waals surface area contributed by atoms with E-state index in [1.54, 1.807) is 13.3 Å². The van der Waals surface area contributed by atoms with Crippen molar-refractivity contribution in [2.24, 2.45) is 0 Å². The van der Waals surface area contributed by atoms with Gasteiger partial charge in [0.2, 0.25) is 0 Å². The summed E-state index contributed by atoms with van der Waals surface area (Å²) in [4.78, 5) is 21.4. The second-order valence-corrected chi connectivity index (χ2v) is 2.69. The van der Waals surface area contributed by atoms with Crippen molar-refractivity contribution >= 4 is 24.2 Å². The SMILES string of the molecule is CC.CNC(CCC(C)=O)C(C)=O.CS. The molecule has 4 heteroatoms. The Hall–Kier alpha value is -0.350. The van der Waals surface area contributed by atoms with Crippen LogP contribution in [0.5, 0.6) is 0 Å². The van der Waals surface area contributed by atoms with Crippen LogP contribution < -0.4 is 5.32 Å². The lowest BCUT2D eigenvalue weighted by Gasteiger charge is -2.10. The van der Waals surface area contributed by atoms with Crippen molar-refractivity contribution in [3.05, 3.63) is 0 Å². The van der Waals surface area contributed by atoms with E-state index in [4.69, 9.17) is 0 Å². The number of Topliss-reactive ketones (excluding diaryl/α,β-unsaturated/α-hetero) is 2. The first kappa shape index (κ1) is 20.1. The molecule has 0 aromatic rings. The average molecular weight is 235 g/mol. The third kappa shape index (κ3) is 16.3. The van der Waals surface area contributed by atoms with Crippen LogP contribution in [-0.2, 0) is 9.59 Å². The molecule has 0 bridgehead atoms. The van der Waals surface area contributed by atoms with Gasteiger partial charge < -0.3 is 10.1 Å². The molecule has 0 aromatic carbocycles. The topological polar surface area (TPSA) is 46.2 Å². The van der Waals surface area contributed by atoms with Crippen LogP contribution >= 0.6 is 12.6 Å². The standard InChI is InChI=1S/C8H15NO2.C2H6.CH4S/c1-6(10)4-5-8(9-3)7(2)11;2*1-2/h8-9H,4-5H2,1-3H3;1-2H3;2H,1H3. The van der Waals surface area contributed by atoms with Gasteiger partial charge in [0.15, 0.2) is 0 Å². The van der Waals surface area contributed by atoms with Crippen molar-refractivity contribution in [3.8, 4) is 0 Å². The molecule has 1 N–H and O–H groups in total. The molecule has 0 aliphatic heterocycles. The molecule has 0 rings (SSSR count). The number of likely N-dealkylation sites (N-methyl/N-ethyl adjacent to an activating group) is 1. The highest BCUT2D eigenvalue weighted by Gasteiger charge is 2.11. The summed E-state index contributed by atoms with van der Waals surface area (Å²) in [7, 11) is 1.73. The Morgan fingerprint density at radius 2 is 1.60 bits per heavy atom. The molecule has 1 unspecified atom stereocenters. The summed E-state index contributed by atoms with van der Waals surface area (Å²) in [5, 5.41) is 2.86. The fourth-order valence-electron chi connectivity index (χ4n) is 0.898. The van der Waals surface area contributed by atoms with Gasteiger partial charge in [0, 0.05) is 6.42 Å². The molecular formula is C11H25NO2S. The van der Waals surface area contributed by atoms with E-state index in [1.165, 1.54) is 13.8 Å². The van der Waals surface area contributed by atoms with E-state index in [2.05, 4.69) is 17.9 Å². The highest BCUT2D eigenvalue weighted by Crippen LogP contribution is 1.98. The quantitative estimate of drug-likeness (QED) is 0.717. The highest BCUT2D eigenvalue weighted by atomic mass is 32.1. The van der Waals surface area contributed by atoms with Gasteiger partial charge >= 0.3 is 0 Å². The zero-order valence-electron chi connectivity index (χ0n) is 10.8. The van der Waals surface area contributed by atoms with E-state index in [0.29, 0.717) is 12.8 Å². The van der Waals surface area contributed by atoms with Gasteiger partial charge in [-0.15, -0.1) is 0 Å². The molecule has 0 heterocycles. The largest absolute Gasteiger partial charge is 0.311 e. The van der Waals surface area contributed by atoms with Crippen LogP contribution in [0.3, 0.4) is 0 Å². The number of carbonyl (C=O) groups excluding carboxylic acids is 2. The molecule has 15 heavy (non-hydrogen) atoms. The van der Waals surface area contributed by atoms with Gasteiger partial charge in [0.1, 0.15) is 11.6 Å². The lowest BCUT2D eigenvalue weighted by molar-refractivity contribution is -0.119. The molecule has 0 amide bonds. The lowest BCUT2D eigenvalue weighted by Crippen LogP contribution is -2.32. The molecule has 0 saturated heterocycles. The van der Waals surface area contributed by atoms with E-state index in [-0.39, 0.29) is 17.6 Å². The average Bonchev–Trinajstić information content (AvgIpc) is 2.24. The maximum absolute atomic E-state index is 10.8. The number of hydrogen-bond donors (Lipinski definition) is 2. The molecular weight excluding hydrogens is 210 g/mol. The third-order valence-corrected chi connectivity index (χ3v) is 1.62. The highest BCUT2D eigenvalue weighted by molar-refractivity contribution is 7.79. The Labute approximate surface area is 99.4 Å². The summed E-state index contributed by atoms with van der Waals surface area (Å²) in [5.74, 6) is 0.222. The summed E-state index contributed by atoms with van der Waals surface area (Å²) in [6, 6.07) is -0.154. The summed E-state index contributed by atoms with van der Waals surface area (Å²) >= 11 is 3.53. The van der Waals surface area contributed by atoms with E-state index >= 15 is 0 Å². The van der Waals surface area contributed by atoms with Gasteiger partial charge in [-0.2, -0.15) is 12.6 Å². The summed E-state index contributed by atoms with van der Waals surface area (Å²) in [6.07, 6.45) is 2.78. The maximum Gasteiger partial charge on any atom is 0.146 e. The minimum Gasteiger partial charge on any atom is -0.311 e. The van der Waals surface area contributed by atoms with Crippen LogP contribution in [0.15, 0.2) is 0 Å². The van der Waals surface area contributed by atoms with Gasteiger partial charge in [-0.25, -0.2) is 0 Å². The molecule has 0 fully saturated rings. The van der Waals surface area contributed by atoms with Crippen molar-refractivity contribution in [2.75, 3.05) is 13.3 Å². The Balaban J connectivity index is -0.000000318. The Morgan fingerprint density at radius 3 is 1.80 bits per heavy atom. The summed E-state index contributed by atoms with van der Waals surface area (Å²) in [6.45, 7) is 7.06. The smallest absolute Gasteiger partial charge is 0.146 e.